The molecule has 0 aliphatic carbocycles. The van der Waals surface area contributed by atoms with Crippen molar-refractivity contribution in [3.63, 3.8) is 0 Å². The first-order valence-corrected chi connectivity index (χ1v) is 9.63. The Morgan fingerprint density at radius 1 is 1.17 bits per heavy atom. The molecule has 0 spiro atoms. The van der Waals surface area contributed by atoms with Gasteiger partial charge in [-0.25, -0.2) is 4.79 Å². The smallest absolute Gasteiger partial charge is 0.329 e. The monoisotopic (exact) mass is 402 g/mol. The molecule has 0 aliphatic heterocycles. The summed E-state index contributed by atoms with van der Waals surface area (Å²) in [5.74, 6) is -0.901. The number of amides is 1. The zero-order valence-corrected chi connectivity index (χ0v) is 17.0. The number of aryl methyl sites for hydroxylation is 1. The number of hydrogen-bond donors (Lipinski definition) is 4. The second-order valence-corrected chi connectivity index (χ2v) is 6.96. The minimum atomic E-state index is -0.807. The lowest BCUT2D eigenvalue weighted by atomic mass is 10.1. The van der Waals surface area contributed by atoms with Gasteiger partial charge in [0, 0.05) is 12.2 Å². The second-order valence-electron chi connectivity index (χ2n) is 6.96. The number of nitrogens with zero attached hydrogens (tertiary/aromatic N) is 1. The Morgan fingerprint density at radius 2 is 1.86 bits per heavy atom. The Kier molecular flexibility index (Phi) is 7.49. The van der Waals surface area contributed by atoms with Crippen molar-refractivity contribution >= 4 is 23.2 Å². The van der Waals surface area contributed by atoms with Gasteiger partial charge in [-0.15, -0.1) is 0 Å². The molecule has 2 aromatic rings. The molecule has 156 valence electrons. The van der Waals surface area contributed by atoms with E-state index in [9.17, 15) is 19.2 Å². The standard InChI is InChI=1S/C20H27N5O4/c1-4-10-25-18(21)17(19(28)23-20(25)29)15(26)11-24(3)12-16(27)22-14-9-7-6-8-13(14)5-2/h6-9H,4-5,10-12,21H2,1-3H3,(H,22,27)(H,23,28,29)/p+1. The van der Waals surface area contributed by atoms with Gasteiger partial charge in [-0.2, -0.15) is 0 Å². The number of ketones is 1. The summed E-state index contributed by atoms with van der Waals surface area (Å²) < 4.78 is 1.18. The first kappa shape index (κ1) is 22.1. The van der Waals surface area contributed by atoms with Crippen molar-refractivity contribution in [2.75, 3.05) is 31.2 Å². The molecule has 1 atom stereocenters. The predicted molar refractivity (Wildman–Crippen MR) is 111 cm³/mol. The molecule has 0 aliphatic rings. The number of Topliss-reactive ketones (excluding diaryl/α,β-unsaturated/α-hetero) is 1. The van der Waals surface area contributed by atoms with Crippen LogP contribution in [0.15, 0.2) is 33.9 Å². The molecular weight excluding hydrogens is 374 g/mol. The third-order valence-electron chi connectivity index (χ3n) is 4.56. The van der Waals surface area contributed by atoms with Crippen LogP contribution in [-0.2, 0) is 17.8 Å². The van der Waals surface area contributed by atoms with Gasteiger partial charge in [-0.05, 0) is 24.5 Å². The van der Waals surface area contributed by atoms with Gasteiger partial charge in [0.25, 0.3) is 11.5 Å². The topological polar surface area (TPSA) is 131 Å². The molecule has 29 heavy (non-hydrogen) atoms. The lowest BCUT2D eigenvalue weighted by Crippen LogP contribution is -3.11. The molecule has 1 amide bonds. The molecule has 9 heteroatoms. The first-order chi connectivity index (χ1) is 13.8. The lowest BCUT2D eigenvalue weighted by Gasteiger charge is -2.15. The van der Waals surface area contributed by atoms with Gasteiger partial charge in [0.2, 0.25) is 5.78 Å². The molecule has 0 radical (unpaired) electrons. The van der Waals surface area contributed by atoms with Crippen molar-refractivity contribution in [2.24, 2.45) is 0 Å². The fourth-order valence-corrected chi connectivity index (χ4v) is 3.15. The maximum Gasteiger partial charge on any atom is 0.329 e. The molecule has 1 heterocycles. The summed E-state index contributed by atoms with van der Waals surface area (Å²) in [5.41, 5.74) is 5.99. The molecule has 5 N–H and O–H groups in total. The van der Waals surface area contributed by atoms with Gasteiger partial charge in [0.15, 0.2) is 6.54 Å². The minimum absolute atomic E-state index is 0.0379. The number of benzene rings is 1. The number of aromatic amines is 1. The van der Waals surface area contributed by atoms with Gasteiger partial charge in [-0.3, -0.25) is 23.9 Å². The highest BCUT2D eigenvalue weighted by atomic mass is 16.2. The summed E-state index contributed by atoms with van der Waals surface area (Å²) in [6, 6.07) is 7.52. The van der Waals surface area contributed by atoms with Gasteiger partial charge in [0.05, 0.1) is 7.05 Å². The van der Waals surface area contributed by atoms with Crippen LogP contribution in [0.2, 0.25) is 0 Å². The van der Waals surface area contributed by atoms with E-state index in [2.05, 4.69) is 10.3 Å². The fourth-order valence-electron chi connectivity index (χ4n) is 3.15. The van der Waals surface area contributed by atoms with E-state index in [1.165, 1.54) is 4.57 Å². The Labute approximate surface area is 168 Å². The molecule has 1 aromatic carbocycles. The van der Waals surface area contributed by atoms with Crippen molar-refractivity contribution in [2.45, 2.75) is 33.2 Å². The summed E-state index contributed by atoms with van der Waals surface area (Å²) >= 11 is 0. The van der Waals surface area contributed by atoms with E-state index in [4.69, 9.17) is 5.73 Å². The number of para-hydroxylation sites is 1. The SMILES string of the molecule is CCCn1c(N)c(C(=O)C[NH+](C)CC(=O)Nc2ccccc2CC)c(=O)[nH]c1=O. The molecular formula is C20H28N5O4+. The van der Waals surface area contributed by atoms with E-state index in [-0.39, 0.29) is 30.4 Å². The Morgan fingerprint density at radius 3 is 2.52 bits per heavy atom. The Balaban J connectivity index is 2.09. The first-order valence-electron chi connectivity index (χ1n) is 9.63. The highest BCUT2D eigenvalue weighted by Gasteiger charge is 2.23. The van der Waals surface area contributed by atoms with E-state index < -0.39 is 17.0 Å². The van der Waals surface area contributed by atoms with Crippen molar-refractivity contribution < 1.29 is 14.5 Å². The maximum absolute atomic E-state index is 12.6. The number of nitrogens with two attached hydrogens (primary N) is 1. The van der Waals surface area contributed by atoms with Crippen LogP contribution in [0.3, 0.4) is 0 Å². The quantitative estimate of drug-likeness (QED) is 0.417. The number of quaternary nitrogens is 1. The van der Waals surface area contributed by atoms with Gasteiger partial charge >= 0.3 is 5.69 Å². The largest absolute Gasteiger partial charge is 0.384 e. The van der Waals surface area contributed by atoms with Crippen molar-refractivity contribution in [1.82, 2.24) is 9.55 Å². The lowest BCUT2D eigenvalue weighted by molar-refractivity contribution is -0.861. The highest BCUT2D eigenvalue weighted by Crippen LogP contribution is 2.14. The fraction of sp³-hybridized carbons (Fsp3) is 0.400. The van der Waals surface area contributed by atoms with Crippen LogP contribution in [0.5, 0.6) is 0 Å². The van der Waals surface area contributed by atoms with Crippen LogP contribution < -0.4 is 27.2 Å². The van der Waals surface area contributed by atoms with Crippen molar-refractivity contribution in [3.05, 3.63) is 56.2 Å². The van der Waals surface area contributed by atoms with Gasteiger partial charge in [-0.1, -0.05) is 32.0 Å². The Hall–Kier alpha value is -3.20. The normalized spacial score (nSPS) is 11.8. The summed E-state index contributed by atoms with van der Waals surface area (Å²) in [5, 5.41) is 2.85. The molecule has 1 unspecified atom stereocenters. The van der Waals surface area contributed by atoms with E-state index in [1.54, 1.807) is 7.05 Å². The van der Waals surface area contributed by atoms with Crippen LogP contribution in [0, 0.1) is 0 Å². The number of anilines is 2. The van der Waals surface area contributed by atoms with E-state index >= 15 is 0 Å². The average molecular weight is 402 g/mol. The highest BCUT2D eigenvalue weighted by molar-refractivity contribution is 6.00. The third-order valence-corrected chi connectivity index (χ3v) is 4.56. The number of likely N-dealkylation sites (N-methyl/N-ethyl adjacent to an activating group) is 1. The van der Waals surface area contributed by atoms with E-state index in [0.717, 1.165) is 17.7 Å². The number of nitrogen functional groups attached to an aromatic ring is 1. The van der Waals surface area contributed by atoms with Crippen molar-refractivity contribution in [1.29, 1.82) is 0 Å². The van der Waals surface area contributed by atoms with Crippen LogP contribution in [0.1, 0.15) is 36.2 Å². The van der Waals surface area contributed by atoms with Crippen LogP contribution in [0.4, 0.5) is 11.5 Å². The number of hydrogen-bond acceptors (Lipinski definition) is 5. The predicted octanol–water partition coefficient (Wildman–Crippen LogP) is -0.573. The van der Waals surface area contributed by atoms with E-state index in [0.29, 0.717) is 17.9 Å². The number of H-pyrrole nitrogens is 1. The number of rotatable bonds is 9. The van der Waals surface area contributed by atoms with Crippen LogP contribution in [0.25, 0.3) is 0 Å². The van der Waals surface area contributed by atoms with Gasteiger partial charge < -0.3 is 16.0 Å². The molecule has 0 bridgehead atoms. The molecule has 9 nitrogen and oxygen atoms in total. The third kappa shape index (κ3) is 5.41. The Bertz CT molecular complexity index is 1010. The number of nitrogens with one attached hydrogen (secondary N) is 3. The molecule has 2 rings (SSSR count). The summed E-state index contributed by atoms with van der Waals surface area (Å²) in [6.07, 6.45) is 1.40. The molecule has 0 saturated heterocycles. The van der Waals surface area contributed by atoms with Crippen molar-refractivity contribution in [3.8, 4) is 0 Å². The van der Waals surface area contributed by atoms with Gasteiger partial charge in [0.1, 0.15) is 17.9 Å². The molecule has 0 saturated carbocycles. The summed E-state index contributed by atoms with van der Waals surface area (Å²) in [6.45, 7) is 4.08. The number of carbonyl (C=O) groups is 2. The summed E-state index contributed by atoms with van der Waals surface area (Å²) in [4.78, 5) is 51.7. The average Bonchev–Trinajstić information content (AvgIpc) is 2.65. The minimum Gasteiger partial charge on any atom is -0.384 e. The summed E-state index contributed by atoms with van der Waals surface area (Å²) in [7, 11) is 1.68. The second kappa shape index (κ2) is 9.83. The zero-order valence-electron chi connectivity index (χ0n) is 17.0. The molecule has 1 aromatic heterocycles. The van der Waals surface area contributed by atoms with E-state index in [1.807, 2.05) is 38.1 Å². The zero-order chi connectivity index (χ0) is 21.6. The van der Waals surface area contributed by atoms with Crippen LogP contribution in [-0.4, -0.2) is 41.4 Å². The van der Waals surface area contributed by atoms with Crippen LogP contribution >= 0.6 is 0 Å². The molecule has 0 fully saturated rings. The maximum atomic E-state index is 12.6. The number of aromatic nitrogens is 2. The number of carbonyl (C=O) groups excluding carboxylic acids is 2.